The molecule has 8 heteroatoms. The zero-order chi connectivity index (χ0) is 23.1. The normalized spacial score (nSPS) is 17.8. The van der Waals surface area contributed by atoms with Crippen molar-refractivity contribution < 1.29 is 23.8 Å². The molecule has 172 valence electrons. The molecule has 1 saturated heterocycles. The average molecular weight is 461 g/mol. The molecule has 7 nitrogen and oxygen atoms in total. The molecule has 0 bridgehead atoms. The minimum atomic E-state index is -0.429. The summed E-state index contributed by atoms with van der Waals surface area (Å²) in [6.45, 7) is 1.75. The van der Waals surface area contributed by atoms with Gasteiger partial charge in [0.05, 0.1) is 20.1 Å². The van der Waals surface area contributed by atoms with Gasteiger partial charge in [0.15, 0.2) is 0 Å². The van der Waals surface area contributed by atoms with Crippen LogP contribution in [0.3, 0.4) is 0 Å². The molecule has 0 unspecified atom stereocenters. The van der Waals surface area contributed by atoms with Crippen molar-refractivity contribution in [1.29, 1.82) is 0 Å². The minimum absolute atomic E-state index is 0.0997. The van der Waals surface area contributed by atoms with Crippen LogP contribution in [0, 0.1) is 5.92 Å². The van der Waals surface area contributed by atoms with Gasteiger partial charge in [-0.1, -0.05) is 17.7 Å². The van der Waals surface area contributed by atoms with Crippen LogP contribution in [0.25, 0.3) is 0 Å². The number of halogens is 1. The van der Waals surface area contributed by atoms with Gasteiger partial charge in [0.1, 0.15) is 11.5 Å². The fourth-order valence-electron chi connectivity index (χ4n) is 4.04. The molecule has 2 aromatic carbocycles. The first-order chi connectivity index (χ1) is 15.5. The number of carbonyl (C=O) groups excluding carboxylic acids is 2. The third-order valence-electron chi connectivity index (χ3n) is 5.68. The topological polar surface area (TPSA) is 77.1 Å². The maximum absolute atomic E-state index is 13.2. The first kappa shape index (κ1) is 23.9. The molecule has 2 atom stereocenters. The number of nitrogens with one attached hydrogen (secondary N) is 1. The Morgan fingerprint density at radius 3 is 2.59 bits per heavy atom. The van der Waals surface area contributed by atoms with E-state index in [-0.39, 0.29) is 17.7 Å². The van der Waals surface area contributed by atoms with E-state index < -0.39 is 5.92 Å². The predicted molar refractivity (Wildman–Crippen MR) is 123 cm³/mol. The highest BCUT2D eigenvalue weighted by atomic mass is 35.5. The van der Waals surface area contributed by atoms with Crippen molar-refractivity contribution in [1.82, 2.24) is 10.2 Å². The fourth-order valence-corrected chi connectivity index (χ4v) is 4.23. The lowest BCUT2D eigenvalue weighted by molar-refractivity contribution is -0.125. The highest BCUT2D eigenvalue weighted by Crippen LogP contribution is 2.40. The highest BCUT2D eigenvalue weighted by Gasteiger charge is 2.41. The second kappa shape index (κ2) is 11.2. The van der Waals surface area contributed by atoms with E-state index in [1.807, 2.05) is 18.2 Å². The number of carbonyl (C=O) groups is 2. The highest BCUT2D eigenvalue weighted by molar-refractivity contribution is 6.30. The number of ether oxygens (including phenoxy) is 3. The van der Waals surface area contributed by atoms with Gasteiger partial charge in [-0.2, -0.15) is 0 Å². The van der Waals surface area contributed by atoms with Crippen LogP contribution in [-0.4, -0.2) is 64.3 Å². The van der Waals surface area contributed by atoms with E-state index in [4.69, 9.17) is 25.8 Å². The first-order valence-corrected chi connectivity index (χ1v) is 10.9. The monoisotopic (exact) mass is 460 g/mol. The Hall–Kier alpha value is -2.77. The number of hydrogen-bond donors (Lipinski definition) is 1. The van der Waals surface area contributed by atoms with Gasteiger partial charge in [0, 0.05) is 55.4 Å². The number of nitrogens with zero attached hydrogens (tertiary/aromatic N) is 1. The van der Waals surface area contributed by atoms with E-state index in [0.29, 0.717) is 54.7 Å². The van der Waals surface area contributed by atoms with Crippen LogP contribution >= 0.6 is 11.6 Å². The molecule has 2 amide bonds. The maximum Gasteiger partial charge on any atom is 0.253 e. The second-order valence-corrected chi connectivity index (χ2v) is 8.12. The molecule has 3 rings (SSSR count). The molecule has 1 aliphatic heterocycles. The van der Waals surface area contributed by atoms with E-state index in [0.717, 1.165) is 5.56 Å². The molecule has 0 saturated carbocycles. The van der Waals surface area contributed by atoms with Gasteiger partial charge in [-0.05, 0) is 42.8 Å². The molecule has 1 N–H and O–H groups in total. The van der Waals surface area contributed by atoms with Crippen LogP contribution in [0.15, 0.2) is 42.5 Å². The summed E-state index contributed by atoms with van der Waals surface area (Å²) < 4.78 is 16.0. The van der Waals surface area contributed by atoms with Gasteiger partial charge in [-0.3, -0.25) is 9.59 Å². The summed E-state index contributed by atoms with van der Waals surface area (Å²) in [5, 5.41) is 3.48. The molecule has 1 aliphatic rings. The lowest BCUT2D eigenvalue weighted by Crippen LogP contribution is -2.36. The van der Waals surface area contributed by atoms with E-state index >= 15 is 0 Å². The van der Waals surface area contributed by atoms with E-state index in [1.165, 1.54) is 0 Å². The quantitative estimate of drug-likeness (QED) is 0.580. The first-order valence-electron chi connectivity index (χ1n) is 10.5. The van der Waals surface area contributed by atoms with Crippen LogP contribution in [0.1, 0.15) is 28.3 Å². The van der Waals surface area contributed by atoms with Crippen molar-refractivity contribution in [2.24, 2.45) is 5.92 Å². The van der Waals surface area contributed by atoms with Gasteiger partial charge in [0.25, 0.3) is 5.91 Å². The van der Waals surface area contributed by atoms with Crippen molar-refractivity contribution >= 4 is 23.4 Å². The summed E-state index contributed by atoms with van der Waals surface area (Å²) in [5.74, 6) is 0.392. The summed E-state index contributed by atoms with van der Waals surface area (Å²) in [7, 11) is 4.81. The predicted octanol–water partition coefficient (Wildman–Crippen LogP) is 3.37. The van der Waals surface area contributed by atoms with Crippen LogP contribution in [0.4, 0.5) is 0 Å². The smallest absolute Gasteiger partial charge is 0.253 e. The maximum atomic E-state index is 13.2. The Labute approximate surface area is 193 Å². The van der Waals surface area contributed by atoms with Crippen LogP contribution in [0.5, 0.6) is 11.5 Å². The molecule has 0 radical (unpaired) electrons. The van der Waals surface area contributed by atoms with Crippen molar-refractivity contribution in [3.63, 3.8) is 0 Å². The van der Waals surface area contributed by atoms with Crippen LogP contribution in [0.2, 0.25) is 5.02 Å². The Balaban J connectivity index is 1.89. The van der Waals surface area contributed by atoms with Gasteiger partial charge >= 0.3 is 0 Å². The zero-order valence-corrected chi connectivity index (χ0v) is 19.4. The number of rotatable bonds is 9. The molecule has 1 heterocycles. The largest absolute Gasteiger partial charge is 0.497 e. The van der Waals surface area contributed by atoms with E-state index in [1.54, 1.807) is 50.5 Å². The number of methoxy groups -OCH3 is 3. The Morgan fingerprint density at radius 2 is 1.91 bits per heavy atom. The lowest BCUT2D eigenvalue weighted by atomic mass is 9.87. The molecule has 0 aliphatic carbocycles. The molecule has 32 heavy (non-hydrogen) atoms. The third kappa shape index (κ3) is 5.53. The number of hydrogen-bond acceptors (Lipinski definition) is 5. The lowest BCUT2D eigenvalue weighted by Gasteiger charge is -2.21. The molecule has 0 spiro atoms. The van der Waals surface area contributed by atoms with Gasteiger partial charge in [0.2, 0.25) is 5.91 Å². The number of likely N-dealkylation sites (tertiary alicyclic amines) is 1. The van der Waals surface area contributed by atoms with Crippen molar-refractivity contribution in [3.05, 3.63) is 58.6 Å². The molecule has 1 fully saturated rings. The summed E-state index contributed by atoms with van der Waals surface area (Å²) in [4.78, 5) is 28.0. The Morgan fingerprint density at radius 1 is 1.09 bits per heavy atom. The minimum Gasteiger partial charge on any atom is -0.497 e. The summed E-state index contributed by atoms with van der Waals surface area (Å²) in [6, 6.07) is 12.4. The zero-order valence-electron chi connectivity index (χ0n) is 18.6. The molecule has 0 aromatic heterocycles. The third-order valence-corrected chi connectivity index (χ3v) is 5.91. The number of amides is 2. The summed E-state index contributed by atoms with van der Waals surface area (Å²) in [6.07, 6.45) is 0.716. The van der Waals surface area contributed by atoms with E-state index in [2.05, 4.69) is 5.32 Å². The van der Waals surface area contributed by atoms with Crippen LogP contribution < -0.4 is 14.8 Å². The second-order valence-electron chi connectivity index (χ2n) is 7.68. The summed E-state index contributed by atoms with van der Waals surface area (Å²) in [5.41, 5.74) is 1.33. The van der Waals surface area contributed by atoms with Gasteiger partial charge < -0.3 is 24.4 Å². The van der Waals surface area contributed by atoms with Crippen molar-refractivity contribution in [2.45, 2.75) is 12.3 Å². The Kier molecular flexibility index (Phi) is 8.36. The number of benzene rings is 2. The van der Waals surface area contributed by atoms with E-state index in [9.17, 15) is 9.59 Å². The van der Waals surface area contributed by atoms with Crippen LogP contribution in [-0.2, 0) is 9.53 Å². The molecular formula is C24H29ClN2O5. The fraction of sp³-hybridized carbons (Fsp3) is 0.417. The standard InChI is InChI=1S/C24H29ClN2O5/c1-30-11-5-10-26-23(28)21-15-27(24(29)16-6-4-7-17(25)12-16)14-20(21)19-13-18(31-2)8-9-22(19)32-3/h4,6-9,12-13,20-21H,5,10-11,14-15H2,1-3H3,(H,26,28)/t20-,21-/m0/s1. The summed E-state index contributed by atoms with van der Waals surface area (Å²) >= 11 is 6.08. The van der Waals surface area contributed by atoms with Crippen molar-refractivity contribution in [3.8, 4) is 11.5 Å². The van der Waals surface area contributed by atoms with Gasteiger partial charge in [-0.25, -0.2) is 0 Å². The average Bonchev–Trinajstić information content (AvgIpc) is 3.26. The SMILES string of the molecule is COCCCNC(=O)[C@H]1CN(C(=O)c2cccc(Cl)c2)C[C@H]1c1cc(OC)ccc1OC. The molecular weight excluding hydrogens is 432 g/mol. The van der Waals surface area contributed by atoms with Gasteiger partial charge in [-0.15, -0.1) is 0 Å². The molecule has 2 aromatic rings. The Bertz CT molecular complexity index is 952. The van der Waals surface area contributed by atoms with Crippen molar-refractivity contribution in [2.75, 3.05) is 47.6 Å².